The molecule has 1 amide bonds. The monoisotopic (exact) mass is 730 g/mol. The maximum Gasteiger partial charge on any atom is 0.307 e. The number of aromatic nitrogens is 2. The average Bonchev–Trinajstić information content (AvgIpc) is 3.98. The highest BCUT2D eigenvalue weighted by Gasteiger charge is 2.37. The lowest BCUT2D eigenvalue weighted by Crippen LogP contribution is -2.35. The summed E-state index contributed by atoms with van der Waals surface area (Å²) in [7, 11) is 1.58. The van der Waals surface area contributed by atoms with Gasteiger partial charge in [-0.1, -0.05) is 41.9 Å². The van der Waals surface area contributed by atoms with Gasteiger partial charge in [0.05, 0.1) is 35.5 Å². The summed E-state index contributed by atoms with van der Waals surface area (Å²) in [5.74, 6) is -0.0259. The van der Waals surface area contributed by atoms with Gasteiger partial charge in [-0.3, -0.25) is 19.5 Å². The molecule has 0 radical (unpaired) electrons. The topological polar surface area (TPSA) is 154 Å². The van der Waals surface area contributed by atoms with Crippen LogP contribution in [0, 0.1) is 24.2 Å². The van der Waals surface area contributed by atoms with Crippen molar-refractivity contribution in [1.29, 1.82) is 5.26 Å². The van der Waals surface area contributed by atoms with Crippen molar-refractivity contribution in [1.82, 2.24) is 25.5 Å². The molecular formula is C41H39ClN6O5. The van der Waals surface area contributed by atoms with Crippen LogP contribution in [0.15, 0.2) is 59.1 Å². The average molecular weight is 731 g/mol. The minimum atomic E-state index is -0.750. The fraction of sp³-hybridized carbons (Fsp3) is 0.341. The first-order chi connectivity index (χ1) is 25.7. The summed E-state index contributed by atoms with van der Waals surface area (Å²) < 4.78 is 12.1. The number of amides is 1. The number of aliphatic carboxylic acids is 1. The molecule has 4 heterocycles. The quantitative estimate of drug-likeness (QED) is 0.139. The van der Waals surface area contributed by atoms with E-state index in [-0.39, 0.29) is 23.9 Å². The second-order valence-corrected chi connectivity index (χ2v) is 14.5. The molecule has 2 aliphatic heterocycles. The lowest BCUT2D eigenvalue weighted by atomic mass is 9.93. The molecule has 0 saturated carbocycles. The molecule has 3 N–H and O–H groups in total. The van der Waals surface area contributed by atoms with Crippen LogP contribution in [0.4, 0.5) is 0 Å². The Balaban J connectivity index is 1.08. The van der Waals surface area contributed by atoms with E-state index in [0.29, 0.717) is 77.2 Å². The fourth-order valence-electron chi connectivity index (χ4n) is 8.29. The summed E-state index contributed by atoms with van der Waals surface area (Å²) in [5, 5.41) is 27.6. The molecule has 0 unspecified atom stereocenters. The maximum atomic E-state index is 11.7. The molecule has 0 spiro atoms. The second kappa shape index (κ2) is 14.3. The Kier molecular flexibility index (Phi) is 9.37. The van der Waals surface area contributed by atoms with Crippen molar-refractivity contribution >= 4 is 34.4 Å². The third-order valence-electron chi connectivity index (χ3n) is 11.0. The number of carboxylic acids is 1. The Hall–Kier alpha value is -5.28. The third kappa shape index (κ3) is 6.41. The van der Waals surface area contributed by atoms with Gasteiger partial charge in [0.15, 0.2) is 5.58 Å². The van der Waals surface area contributed by atoms with Gasteiger partial charge in [-0.25, -0.2) is 4.98 Å². The highest BCUT2D eigenvalue weighted by molar-refractivity contribution is 6.36. The molecule has 12 heteroatoms. The molecule has 8 rings (SSSR count). The van der Waals surface area contributed by atoms with E-state index in [1.54, 1.807) is 13.3 Å². The standard InChI is InChI=1S/C41H39ClN6O5/c1-22-26(5-3-6-27(22)33-20-45-34(40(47-33)52-2)19-44-18-25-9-12-37(49)46-25)29-7-4-8-30(38(29)42)36-16-24-15-31-28(32(17-43)39(24)53-36)10-11-35(31)48-14-13-23(21-48)41(50)51/h3-8,15-16,20,23,25,35,44H,9-14,18-19,21H2,1-2H3,(H,46,49)(H,50,51)/t23-,25+,35-/m1/s1. The van der Waals surface area contributed by atoms with Crippen LogP contribution in [0.3, 0.4) is 0 Å². The van der Waals surface area contributed by atoms with Crippen molar-refractivity contribution in [3.05, 3.63) is 87.7 Å². The van der Waals surface area contributed by atoms with E-state index in [0.717, 1.165) is 64.6 Å². The van der Waals surface area contributed by atoms with Crippen LogP contribution in [0.1, 0.15) is 59.7 Å². The Labute approximate surface area is 311 Å². The molecule has 3 atom stereocenters. The minimum Gasteiger partial charge on any atom is -0.481 e. The summed E-state index contributed by atoms with van der Waals surface area (Å²) in [6.07, 6.45) is 5.35. The maximum absolute atomic E-state index is 11.7. The number of fused-ring (bicyclic) bond motifs is 2. The minimum absolute atomic E-state index is 0.0797. The van der Waals surface area contributed by atoms with Crippen molar-refractivity contribution in [2.45, 2.75) is 57.7 Å². The van der Waals surface area contributed by atoms with Crippen molar-refractivity contribution in [2.24, 2.45) is 5.92 Å². The zero-order chi connectivity index (χ0) is 36.8. The van der Waals surface area contributed by atoms with Gasteiger partial charge >= 0.3 is 5.97 Å². The zero-order valence-corrected chi connectivity index (χ0v) is 30.3. The number of ether oxygens (including phenoxy) is 1. The van der Waals surface area contributed by atoms with Crippen molar-refractivity contribution < 1.29 is 23.8 Å². The molecule has 3 aromatic carbocycles. The van der Waals surface area contributed by atoms with Crippen LogP contribution in [0.25, 0.3) is 44.7 Å². The first-order valence-corrected chi connectivity index (χ1v) is 18.4. The van der Waals surface area contributed by atoms with Crippen LogP contribution in [0.5, 0.6) is 5.88 Å². The van der Waals surface area contributed by atoms with Crippen LogP contribution >= 0.6 is 11.6 Å². The van der Waals surface area contributed by atoms with Gasteiger partial charge in [-0.15, -0.1) is 0 Å². The van der Waals surface area contributed by atoms with E-state index in [1.165, 1.54) is 0 Å². The number of hydrogen-bond acceptors (Lipinski definition) is 9. The normalized spacial score (nSPS) is 19.7. The number of carboxylic acid groups (broad SMARTS) is 1. The number of likely N-dealkylation sites (tertiary alicyclic amines) is 1. The first-order valence-electron chi connectivity index (χ1n) is 18.0. The number of methoxy groups -OCH3 is 1. The highest BCUT2D eigenvalue weighted by Crippen LogP contribution is 2.46. The number of rotatable bonds is 10. The summed E-state index contributed by atoms with van der Waals surface area (Å²) in [6, 6.07) is 18.5. The zero-order valence-electron chi connectivity index (χ0n) is 29.5. The van der Waals surface area contributed by atoms with E-state index in [2.05, 4.69) is 32.7 Å². The van der Waals surface area contributed by atoms with Gasteiger partial charge in [0.1, 0.15) is 17.5 Å². The first kappa shape index (κ1) is 34.8. The van der Waals surface area contributed by atoms with Crippen LogP contribution in [-0.2, 0) is 22.6 Å². The van der Waals surface area contributed by atoms with Crippen LogP contribution in [0.2, 0.25) is 5.02 Å². The lowest BCUT2D eigenvalue weighted by molar-refractivity contribution is -0.141. The number of carbonyl (C=O) groups excluding carboxylic acids is 1. The van der Waals surface area contributed by atoms with Gasteiger partial charge in [0.25, 0.3) is 0 Å². The highest BCUT2D eigenvalue weighted by atomic mass is 35.5. The molecule has 5 aromatic rings. The van der Waals surface area contributed by atoms with Crippen molar-refractivity contribution in [2.75, 3.05) is 26.7 Å². The number of nitriles is 1. The summed E-state index contributed by atoms with van der Waals surface area (Å²) in [6.45, 7) is 4.38. The van der Waals surface area contributed by atoms with Gasteiger partial charge in [0, 0.05) is 60.2 Å². The van der Waals surface area contributed by atoms with E-state index >= 15 is 0 Å². The number of nitrogens with one attached hydrogen (secondary N) is 2. The number of benzene rings is 3. The van der Waals surface area contributed by atoms with E-state index < -0.39 is 5.97 Å². The number of halogens is 1. The molecule has 3 aliphatic rings. The van der Waals surface area contributed by atoms with E-state index in [1.807, 2.05) is 49.4 Å². The third-order valence-corrected chi connectivity index (χ3v) is 11.4. The summed E-state index contributed by atoms with van der Waals surface area (Å²) in [4.78, 5) is 35.0. The second-order valence-electron chi connectivity index (χ2n) is 14.1. The van der Waals surface area contributed by atoms with E-state index in [4.69, 9.17) is 25.7 Å². The number of nitrogens with zero attached hydrogens (tertiary/aromatic N) is 4. The van der Waals surface area contributed by atoms with Gasteiger partial charge in [-0.2, -0.15) is 5.26 Å². The predicted octanol–water partition coefficient (Wildman–Crippen LogP) is 6.83. The molecule has 270 valence electrons. The summed E-state index contributed by atoms with van der Waals surface area (Å²) >= 11 is 7.21. The van der Waals surface area contributed by atoms with Gasteiger partial charge in [-0.05, 0) is 79.6 Å². The molecule has 53 heavy (non-hydrogen) atoms. The number of hydrogen-bond donors (Lipinski definition) is 3. The number of carbonyl (C=O) groups is 2. The van der Waals surface area contributed by atoms with Gasteiger partial charge < -0.3 is 24.9 Å². The van der Waals surface area contributed by atoms with Gasteiger partial charge in [0.2, 0.25) is 11.8 Å². The van der Waals surface area contributed by atoms with Crippen molar-refractivity contribution in [3.63, 3.8) is 0 Å². The van der Waals surface area contributed by atoms with Crippen LogP contribution < -0.4 is 15.4 Å². The Bertz CT molecular complexity index is 2310. The Morgan fingerprint density at radius 2 is 1.92 bits per heavy atom. The predicted molar refractivity (Wildman–Crippen MR) is 200 cm³/mol. The molecule has 2 saturated heterocycles. The largest absolute Gasteiger partial charge is 0.481 e. The molecule has 11 nitrogen and oxygen atoms in total. The lowest BCUT2D eigenvalue weighted by Gasteiger charge is -2.24. The Morgan fingerprint density at radius 1 is 1.13 bits per heavy atom. The number of furan rings is 1. The fourth-order valence-corrected chi connectivity index (χ4v) is 8.61. The molecule has 1 aliphatic carbocycles. The SMILES string of the molecule is COc1nc(-c2cccc(-c3cccc(-c4cc5cc6c(c(C#N)c5o4)CC[C@H]6N4CC[C@@H](C(=O)O)C4)c3Cl)c2C)cnc1CNC[C@@H]1CCC(=O)N1. The van der Waals surface area contributed by atoms with Crippen molar-refractivity contribution in [3.8, 4) is 45.7 Å². The molecule has 2 aromatic heterocycles. The smallest absolute Gasteiger partial charge is 0.307 e. The molecular weight excluding hydrogens is 692 g/mol. The Morgan fingerprint density at radius 3 is 2.66 bits per heavy atom. The van der Waals surface area contributed by atoms with Crippen LogP contribution in [-0.4, -0.2) is 64.6 Å². The van der Waals surface area contributed by atoms with E-state index in [9.17, 15) is 20.0 Å². The molecule has 0 bridgehead atoms. The summed E-state index contributed by atoms with van der Waals surface area (Å²) in [5.41, 5.74) is 8.83. The molecule has 2 fully saturated rings.